The van der Waals surface area contributed by atoms with Gasteiger partial charge in [0.1, 0.15) is 5.82 Å². The summed E-state index contributed by atoms with van der Waals surface area (Å²) in [5.74, 6) is -0.312. The molecule has 0 aliphatic heterocycles. The van der Waals surface area contributed by atoms with E-state index < -0.39 is 18.1 Å². The molecule has 2 aromatic rings. The van der Waals surface area contributed by atoms with Crippen molar-refractivity contribution in [1.29, 1.82) is 0 Å². The summed E-state index contributed by atoms with van der Waals surface area (Å²) in [7, 11) is 5.08. The number of benzene rings is 1. The lowest BCUT2D eigenvalue weighted by molar-refractivity contribution is -0.192. The van der Waals surface area contributed by atoms with Crippen LogP contribution in [0.4, 0.5) is 19.0 Å². The summed E-state index contributed by atoms with van der Waals surface area (Å²) in [6.07, 6.45) is -1.36. The number of anilines is 1. The van der Waals surface area contributed by atoms with E-state index in [1.165, 1.54) is 30.4 Å². The number of halogens is 3. The Morgan fingerprint density at radius 2 is 1.79 bits per heavy atom. The van der Waals surface area contributed by atoms with Crippen molar-refractivity contribution in [2.75, 3.05) is 26.5 Å². The van der Waals surface area contributed by atoms with Gasteiger partial charge in [-0.15, -0.1) is 0 Å². The van der Waals surface area contributed by atoms with E-state index in [1.54, 1.807) is 6.07 Å². The minimum absolute atomic E-state index is 0.0358. The van der Waals surface area contributed by atoms with Gasteiger partial charge in [0, 0.05) is 42.2 Å². The van der Waals surface area contributed by atoms with Crippen LogP contribution in [0.1, 0.15) is 49.4 Å². The Labute approximate surface area is 199 Å². The van der Waals surface area contributed by atoms with Crippen LogP contribution >= 0.6 is 0 Å². The van der Waals surface area contributed by atoms with Crippen molar-refractivity contribution >= 4 is 11.7 Å². The molecule has 1 heterocycles. The number of hydrogen-bond donors (Lipinski definition) is 1. The highest BCUT2D eigenvalue weighted by molar-refractivity contribution is 5.80. The van der Waals surface area contributed by atoms with Gasteiger partial charge in [0.05, 0.1) is 0 Å². The first-order valence-electron chi connectivity index (χ1n) is 11.7. The van der Waals surface area contributed by atoms with Crippen molar-refractivity contribution in [1.82, 2.24) is 14.8 Å². The number of hydrogen-bond acceptors (Lipinski definition) is 4. The van der Waals surface area contributed by atoms with E-state index in [9.17, 15) is 18.0 Å². The standard InChI is InChI=1S/C26H33F3N4O/c1-25(2)20-9-7-6-8-16(20)14-21(25)31-22-11-10-17(15-30-22)23(26(27,28)29)33(5)24(34)18-12-19(13-18)32(3)4/h6-11,15,18-19,21,23H,12-14H2,1-5H3,(H,30,31)/t18?,19?,21?,23-/m0/s1. The Kier molecular flexibility index (Phi) is 6.40. The van der Waals surface area contributed by atoms with E-state index in [-0.39, 0.29) is 29.0 Å². The Balaban J connectivity index is 1.48. The molecule has 1 aromatic carbocycles. The summed E-state index contributed by atoms with van der Waals surface area (Å²) >= 11 is 0. The van der Waals surface area contributed by atoms with Crippen LogP contribution in [-0.4, -0.2) is 60.1 Å². The summed E-state index contributed by atoms with van der Waals surface area (Å²) in [4.78, 5) is 20.0. The average molecular weight is 475 g/mol. The van der Waals surface area contributed by atoms with E-state index in [0.717, 1.165) is 11.3 Å². The Morgan fingerprint density at radius 3 is 2.35 bits per heavy atom. The lowest BCUT2D eigenvalue weighted by Crippen LogP contribution is -2.50. The maximum Gasteiger partial charge on any atom is 0.413 e. The van der Waals surface area contributed by atoms with Crippen LogP contribution in [0.3, 0.4) is 0 Å². The van der Waals surface area contributed by atoms with Crippen LogP contribution < -0.4 is 5.32 Å². The van der Waals surface area contributed by atoms with Crippen molar-refractivity contribution in [2.45, 2.75) is 62.8 Å². The molecule has 0 saturated heterocycles. The minimum atomic E-state index is -4.60. The molecule has 1 saturated carbocycles. The normalized spacial score (nSPS) is 24.3. The molecule has 0 spiro atoms. The summed E-state index contributed by atoms with van der Waals surface area (Å²) in [5.41, 5.74) is 2.37. The summed E-state index contributed by atoms with van der Waals surface area (Å²) in [6.45, 7) is 4.32. The first-order chi connectivity index (χ1) is 15.9. The zero-order valence-electron chi connectivity index (χ0n) is 20.4. The summed E-state index contributed by atoms with van der Waals surface area (Å²) in [5, 5.41) is 3.41. The van der Waals surface area contributed by atoms with Gasteiger partial charge in [-0.3, -0.25) is 4.79 Å². The van der Waals surface area contributed by atoms with Gasteiger partial charge in [-0.05, 0) is 50.6 Å². The van der Waals surface area contributed by atoms with Gasteiger partial charge >= 0.3 is 6.18 Å². The number of nitrogens with one attached hydrogen (secondary N) is 1. The molecule has 4 rings (SSSR count). The molecule has 0 bridgehead atoms. The lowest BCUT2D eigenvalue weighted by Gasteiger charge is -2.42. The third kappa shape index (κ3) is 4.52. The van der Waals surface area contributed by atoms with Crippen molar-refractivity contribution in [2.24, 2.45) is 5.92 Å². The minimum Gasteiger partial charge on any atom is -0.366 e. The third-order valence-corrected chi connectivity index (χ3v) is 7.67. The zero-order chi connectivity index (χ0) is 24.8. The fraction of sp³-hybridized carbons (Fsp3) is 0.538. The number of carbonyl (C=O) groups is 1. The monoisotopic (exact) mass is 474 g/mol. The van der Waals surface area contributed by atoms with Gasteiger partial charge in [0.25, 0.3) is 0 Å². The molecule has 184 valence electrons. The van der Waals surface area contributed by atoms with Crippen molar-refractivity contribution in [3.63, 3.8) is 0 Å². The molecule has 1 fully saturated rings. The molecule has 1 unspecified atom stereocenters. The van der Waals surface area contributed by atoms with Crippen molar-refractivity contribution < 1.29 is 18.0 Å². The van der Waals surface area contributed by atoms with Crippen LogP contribution in [0, 0.1) is 5.92 Å². The molecule has 2 aliphatic carbocycles. The highest BCUT2D eigenvalue weighted by Crippen LogP contribution is 2.42. The highest BCUT2D eigenvalue weighted by Gasteiger charge is 2.48. The van der Waals surface area contributed by atoms with E-state index in [4.69, 9.17) is 0 Å². The van der Waals surface area contributed by atoms with Gasteiger partial charge in [0.15, 0.2) is 6.04 Å². The van der Waals surface area contributed by atoms with Crippen LogP contribution in [0.15, 0.2) is 42.6 Å². The highest BCUT2D eigenvalue weighted by atomic mass is 19.4. The Hall–Kier alpha value is -2.61. The van der Waals surface area contributed by atoms with Gasteiger partial charge < -0.3 is 15.1 Å². The maximum atomic E-state index is 14.0. The third-order valence-electron chi connectivity index (χ3n) is 7.67. The molecule has 34 heavy (non-hydrogen) atoms. The molecular formula is C26H33F3N4O. The van der Waals surface area contributed by atoms with Crippen LogP contribution in [0.5, 0.6) is 0 Å². The quantitative estimate of drug-likeness (QED) is 0.654. The number of alkyl halides is 3. The fourth-order valence-corrected chi connectivity index (χ4v) is 5.31. The second-order valence-corrected chi connectivity index (χ2v) is 10.4. The summed E-state index contributed by atoms with van der Waals surface area (Å²) in [6, 6.07) is 9.58. The number of nitrogens with zero attached hydrogens (tertiary/aromatic N) is 3. The average Bonchev–Trinajstić information content (AvgIpc) is 2.97. The second-order valence-electron chi connectivity index (χ2n) is 10.4. The molecule has 1 N–H and O–H groups in total. The molecule has 1 aromatic heterocycles. The molecule has 5 nitrogen and oxygen atoms in total. The van der Waals surface area contributed by atoms with Crippen LogP contribution in [0.25, 0.3) is 0 Å². The molecule has 8 heteroatoms. The summed E-state index contributed by atoms with van der Waals surface area (Å²) < 4.78 is 42.1. The largest absolute Gasteiger partial charge is 0.413 e. The fourth-order valence-electron chi connectivity index (χ4n) is 5.31. The van der Waals surface area contributed by atoms with Crippen molar-refractivity contribution in [3.05, 3.63) is 59.3 Å². The smallest absolute Gasteiger partial charge is 0.366 e. The Bertz CT molecular complexity index is 1030. The molecule has 2 aliphatic rings. The van der Waals surface area contributed by atoms with Crippen molar-refractivity contribution in [3.8, 4) is 0 Å². The van der Waals surface area contributed by atoms with Gasteiger partial charge in [-0.25, -0.2) is 4.98 Å². The lowest BCUT2D eigenvalue weighted by atomic mass is 9.78. The Morgan fingerprint density at radius 1 is 1.12 bits per heavy atom. The van der Waals surface area contributed by atoms with E-state index in [2.05, 4.69) is 36.3 Å². The SMILES string of the molecule is CN(C)C1CC(C(=O)N(C)[C@@H](c2ccc(NC3Cc4ccccc4C3(C)C)nc2)C(F)(F)F)C1. The second kappa shape index (κ2) is 8.87. The number of amides is 1. The van der Waals surface area contributed by atoms with Crippen LogP contribution in [-0.2, 0) is 16.6 Å². The first-order valence-corrected chi connectivity index (χ1v) is 11.7. The maximum absolute atomic E-state index is 14.0. The number of rotatable bonds is 6. The van der Waals surface area contributed by atoms with E-state index in [1.807, 2.05) is 31.1 Å². The zero-order valence-corrected chi connectivity index (χ0v) is 20.4. The molecule has 1 amide bonds. The van der Waals surface area contributed by atoms with Crippen LogP contribution in [0.2, 0.25) is 0 Å². The van der Waals surface area contributed by atoms with Gasteiger partial charge in [-0.1, -0.05) is 44.2 Å². The predicted octanol–water partition coefficient (Wildman–Crippen LogP) is 4.80. The number of carbonyl (C=O) groups excluding carboxylic acids is 1. The number of aromatic nitrogens is 1. The predicted molar refractivity (Wildman–Crippen MR) is 127 cm³/mol. The molecule has 2 atom stereocenters. The van der Waals surface area contributed by atoms with Gasteiger partial charge in [-0.2, -0.15) is 13.2 Å². The molecule has 0 radical (unpaired) electrons. The number of fused-ring (bicyclic) bond motifs is 1. The topological polar surface area (TPSA) is 48.5 Å². The van der Waals surface area contributed by atoms with E-state index >= 15 is 0 Å². The van der Waals surface area contributed by atoms with Gasteiger partial charge in [0.2, 0.25) is 5.91 Å². The molecular weight excluding hydrogens is 441 g/mol. The first kappa shape index (κ1) is 24.5. The number of pyridine rings is 1. The van der Waals surface area contributed by atoms with E-state index in [0.29, 0.717) is 18.7 Å².